The molecule has 7 heteroatoms. The van der Waals surface area contributed by atoms with Crippen LogP contribution in [0.4, 0.5) is 0 Å². The molecule has 1 fully saturated rings. The van der Waals surface area contributed by atoms with E-state index in [-0.39, 0.29) is 5.91 Å². The standard InChI is InChI=1S/C11H11N3OS3/c15-9-7-18-11(17)14(9)13-10(16)12-6-8-4-2-1-3-5-8/h1-5H,6-7H2,(H2,12,13,16). The lowest BCUT2D eigenvalue weighted by Crippen LogP contribution is -2.49. The molecule has 1 aliphatic heterocycles. The van der Waals surface area contributed by atoms with E-state index in [9.17, 15) is 4.79 Å². The number of benzene rings is 1. The van der Waals surface area contributed by atoms with Gasteiger partial charge in [-0.1, -0.05) is 54.3 Å². The topological polar surface area (TPSA) is 44.4 Å². The van der Waals surface area contributed by atoms with E-state index in [2.05, 4.69) is 10.7 Å². The largest absolute Gasteiger partial charge is 0.357 e. The second-order valence-electron chi connectivity index (χ2n) is 3.56. The van der Waals surface area contributed by atoms with Gasteiger partial charge in [0.15, 0.2) is 9.43 Å². The molecule has 4 nitrogen and oxygen atoms in total. The molecule has 1 saturated heterocycles. The Bertz CT molecular complexity index is 462. The van der Waals surface area contributed by atoms with Crippen molar-refractivity contribution in [2.75, 3.05) is 5.75 Å². The Morgan fingerprint density at radius 2 is 2.11 bits per heavy atom. The maximum Gasteiger partial charge on any atom is 0.257 e. The lowest BCUT2D eigenvalue weighted by Gasteiger charge is -2.18. The lowest BCUT2D eigenvalue weighted by molar-refractivity contribution is -0.125. The van der Waals surface area contributed by atoms with Crippen LogP contribution in [0.3, 0.4) is 0 Å². The molecule has 0 saturated carbocycles. The highest BCUT2D eigenvalue weighted by Gasteiger charge is 2.27. The lowest BCUT2D eigenvalue weighted by atomic mass is 10.2. The quantitative estimate of drug-likeness (QED) is 0.823. The van der Waals surface area contributed by atoms with Crippen molar-refractivity contribution >= 4 is 51.5 Å². The van der Waals surface area contributed by atoms with Gasteiger partial charge in [-0.2, -0.15) is 0 Å². The van der Waals surface area contributed by atoms with Gasteiger partial charge >= 0.3 is 0 Å². The molecule has 0 aromatic heterocycles. The third-order valence-electron chi connectivity index (χ3n) is 2.26. The van der Waals surface area contributed by atoms with Gasteiger partial charge in [-0.25, -0.2) is 5.01 Å². The van der Waals surface area contributed by atoms with Crippen molar-refractivity contribution in [3.05, 3.63) is 35.9 Å². The Morgan fingerprint density at radius 3 is 2.72 bits per heavy atom. The fourth-order valence-corrected chi connectivity index (χ4v) is 2.52. The highest BCUT2D eigenvalue weighted by Crippen LogP contribution is 2.16. The van der Waals surface area contributed by atoms with Gasteiger partial charge in [0.1, 0.15) is 0 Å². The molecular formula is C11H11N3OS3. The van der Waals surface area contributed by atoms with Gasteiger partial charge in [0.05, 0.1) is 5.75 Å². The SMILES string of the molecule is O=C1CSC(=S)N1NC(=S)NCc1ccccc1. The van der Waals surface area contributed by atoms with E-state index < -0.39 is 0 Å². The summed E-state index contributed by atoms with van der Waals surface area (Å²) in [6, 6.07) is 9.87. The van der Waals surface area contributed by atoms with Gasteiger partial charge in [0, 0.05) is 6.54 Å². The van der Waals surface area contributed by atoms with Crippen molar-refractivity contribution in [1.29, 1.82) is 0 Å². The smallest absolute Gasteiger partial charge is 0.257 e. The van der Waals surface area contributed by atoms with E-state index in [0.29, 0.717) is 21.7 Å². The van der Waals surface area contributed by atoms with Crippen molar-refractivity contribution in [2.24, 2.45) is 0 Å². The first-order chi connectivity index (χ1) is 8.66. The average Bonchev–Trinajstić information content (AvgIpc) is 2.69. The van der Waals surface area contributed by atoms with Gasteiger partial charge in [0.25, 0.3) is 5.91 Å². The van der Waals surface area contributed by atoms with Crippen molar-refractivity contribution in [1.82, 2.24) is 15.8 Å². The normalized spacial score (nSPS) is 14.8. The maximum absolute atomic E-state index is 11.5. The van der Waals surface area contributed by atoms with Crippen molar-refractivity contribution < 1.29 is 4.79 Å². The van der Waals surface area contributed by atoms with E-state index in [4.69, 9.17) is 24.4 Å². The number of hydrogen-bond acceptors (Lipinski definition) is 4. The number of nitrogens with zero attached hydrogens (tertiary/aromatic N) is 1. The molecule has 0 bridgehead atoms. The summed E-state index contributed by atoms with van der Waals surface area (Å²) in [7, 11) is 0. The second-order valence-corrected chi connectivity index (χ2v) is 5.58. The molecule has 0 aliphatic carbocycles. The molecule has 0 unspecified atom stereocenters. The van der Waals surface area contributed by atoms with Crippen molar-refractivity contribution in [2.45, 2.75) is 6.54 Å². The Labute approximate surface area is 120 Å². The zero-order valence-corrected chi connectivity index (χ0v) is 11.8. The number of nitrogens with one attached hydrogen (secondary N) is 2. The summed E-state index contributed by atoms with van der Waals surface area (Å²) in [5.74, 6) is 0.293. The second kappa shape index (κ2) is 6.12. The Morgan fingerprint density at radius 1 is 1.39 bits per heavy atom. The monoisotopic (exact) mass is 297 g/mol. The zero-order valence-electron chi connectivity index (χ0n) is 9.38. The van der Waals surface area contributed by atoms with Gasteiger partial charge in [0.2, 0.25) is 0 Å². The molecule has 2 N–H and O–H groups in total. The van der Waals surface area contributed by atoms with E-state index >= 15 is 0 Å². The van der Waals surface area contributed by atoms with Crippen LogP contribution in [0, 0.1) is 0 Å². The number of thioether (sulfide) groups is 1. The van der Waals surface area contributed by atoms with Crippen LogP contribution in [0.25, 0.3) is 0 Å². The van der Waals surface area contributed by atoms with Crippen LogP contribution in [0.2, 0.25) is 0 Å². The van der Waals surface area contributed by atoms with Crippen LogP contribution in [0.15, 0.2) is 30.3 Å². The molecule has 0 radical (unpaired) electrons. The van der Waals surface area contributed by atoms with Gasteiger partial charge in [-0.05, 0) is 17.8 Å². The van der Waals surface area contributed by atoms with Gasteiger partial charge in [-0.15, -0.1) is 0 Å². The number of carbonyl (C=O) groups is 1. The summed E-state index contributed by atoms with van der Waals surface area (Å²) >= 11 is 11.5. The molecule has 94 valence electrons. The Balaban J connectivity index is 1.82. The number of hydrogen-bond donors (Lipinski definition) is 2. The fraction of sp³-hybridized carbons (Fsp3) is 0.182. The number of thiocarbonyl (C=S) groups is 2. The predicted octanol–water partition coefficient (Wildman–Crippen LogP) is 1.43. The van der Waals surface area contributed by atoms with Crippen LogP contribution in [0.1, 0.15) is 5.56 Å². The van der Waals surface area contributed by atoms with E-state index in [1.54, 1.807) is 0 Å². The summed E-state index contributed by atoms with van der Waals surface area (Å²) in [5, 5.41) is 4.72. The summed E-state index contributed by atoms with van der Waals surface area (Å²) in [5.41, 5.74) is 3.91. The molecule has 1 aliphatic rings. The highest BCUT2D eigenvalue weighted by molar-refractivity contribution is 8.23. The molecule has 1 aromatic rings. The minimum atomic E-state index is -0.0751. The van der Waals surface area contributed by atoms with E-state index in [0.717, 1.165) is 5.56 Å². The molecule has 1 aromatic carbocycles. The molecule has 0 atom stereocenters. The van der Waals surface area contributed by atoms with Crippen LogP contribution < -0.4 is 10.7 Å². The van der Waals surface area contributed by atoms with E-state index in [1.807, 2.05) is 30.3 Å². The first kappa shape index (κ1) is 13.3. The van der Waals surface area contributed by atoms with E-state index in [1.165, 1.54) is 16.8 Å². The third kappa shape index (κ3) is 3.41. The minimum Gasteiger partial charge on any atom is -0.357 e. The highest BCUT2D eigenvalue weighted by atomic mass is 32.2. The van der Waals surface area contributed by atoms with Gasteiger partial charge < -0.3 is 5.32 Å². The molecule has 1 amide bonds. The number of rotatable bonds is 3. The molecule has 1 heterocycles. The van der Waals surface area contributed by atoms with Crippen LogP contribution in [-0.4, -0.2) is 26.1 Å². The molecule has 2 rings (SSSR count). The van der Waals surface area contributed by atoms with Gasteiger partial charge in [-0.3, -0.25) is 10.2 Å². The number of hydrazine groups is 1. The van der Waals surface area contributed by atoms with Crippen LogP contribution >= 0.6 is 36.2 Å². The number of amides is 1. The molecule has 0 spiro atoms. The van der Waals surface area contributed by atoms with Crippen LogP contribution in [0.5, 0.6) is 0 Å². The zero-order chi connectivity index (χ0) is 13.0. The summed E-state index contributed by atoms with van der Waals surface area (Å²) in [6.07, 6.45) is 0. The number of carbonyl (C=O) groups excluding carboxylic acids is 1. The Kier molecular flexibility index (Phi) is 4.51. The van der Waals surface area contributed by atoms with Crippen molar-refractivity contribution in [3.8, 4) is 0 Å². The summed E-state index contributed by atoms with van der Waals surface area (Å²) in [4.78, 5) is 11.5. The Hall–Kier alpha value is -1.18. The van der Waals surface area contributed by atoms with Crippen LogP contribution in [-0.2, 0) is 11.3 Å². The molecule has 18 heavy (non-hydrogen) atoms. The fourth-order valence-electron chi connectivity index (χ4n) is 1.38. The molecular weight excluding hydrogens is 286 g/mol. The summed E-state index contributed by atoms with van der Waals surface area (Å²) in [6.45, 7) is 0.606. The first-order valence-electron chi connectivity index (χ1n) is 5.25. The predicted molar refractivity (Wildman–Crippen MR) is 80.9 cm³/mol. The minimum absolute atomic E-state index is 0.0751. The van der Waals surface area contributed by atoms with Crippen molar-refractivity contribution in [3.63, 3.8) is 0 Å². The third-order valence-corrected chi connectivity index (χ3v) is 3.85. The summed E-state index contributed by atoms with van der Waals surface area (Å²) < 4.78 is 0.504. The average molecular weight is 297 g/mol. The first-order valence-corrected chi connectivity index (χ1v) is 7.05. The maximum atomic E-state index is 11.5.